The number of methoxy groups -OCH3 is 1. The van der Waals surface area contributed by atoms with Crippen molar-refractivity contribution in [1.82, 2.24) is 0 Å². The SMILES string of the molecule is C=C(C1=C(C)[C@]2(C)C[C@H]3[C@@H](C[C@H](C)[C@@]4(C)CC5(CC[C@]34C)OCCO5)[C@@H]2CC1)[C@@H]1CC[C@@H](C)C[C@H]1OCc1ccc(OC)cc1. The molecule has 5 aliphatic carbocycles. The Balaban J connectivity index is 1.12. The molecule has 0 unspecified atom stereocenters. The molecular weight excluding hydrogens is 556 g/mol. The highest BCUT2D eigenvalue weighted by atomic mass is 16.7. The van der Waals surface area contributed by atoms with Crippen LogP contribution in [-0.2, 0) is 20.8 Å². The van der Waals surface area contributed by atoms with Crippen molar-refractivity contribution in [3.63, 3.8) is 0 Å². The topological polar surface area (TPSA) is 36.9 Å². The van der Waals surface area contributed by atoms with E-state index < -0.39 is 0 Å². The first-order chi connectivity index (χ1) is 21.4. The standard InChI is InChI=1S/C41H60O4/c1-26-9-14-33(37(21-26)43-24-30-10-12-31(42-8)13-11-30)28(3)32-15-16-35-34-22-27(2)40(7)25-41(44-19-20-45-41)18-17-39(40,6)36(34)23-38(35,5)29(32)4/h10-13,26-27,33-37H,3,9,14-25H2,1-2,4-8H3/t26-,27+,33+,34+,35+,36+,37-,38+,39-,40-/m1/s1. The molecule has 0 amide bonds. The second-order valence-electron chi connectivity index (χ2n) is 17.1. The summed E-state index contributed by atoms with van der Waals surface area (Å²) in [5, 5.41) is 0. The molecule has 7 rings (SSSR count). The molecule has 1 aliphatic heterocycles. The Morgan fingerprint density at radius 3 is 2.38 bits per heavy atom. The highest BCUT2D eigenvalue weighted by Crippen LogP contribution is 2.75. The van der Waals surface area contributed by atoms with Gasteiger partial charge in [0.25, 0.3) is 0 Å². The van der Waals surface area contributed by atoms with Crippen molar-refractivity contribution < 1.29 is 18.9 Å². The van der Waals surface area contributed by atoms with Crippen molar-refractivity contribution in [1.29, 1.82) is 0 Å². The van der Waals surface area contributed by atoms with Crippen LogP contribution in [0.5, 0.6) is 5.75 Å². The van der Waals surface area contributed by atoms with Gasteiger partial charge < -0.3 is 18.9 Å². The van der Waals surface area contributed by atoms with Gasteiger partial charge in [-0.3, -0.25) is 0 Å². The zero-order valence-electron chi connectivity index (χ0n) is 29.4. The first-order valence-electron chi connectivity index (χ1n) is 18.3. The predicted octanol–water partition coefficient (Wildman–Crippen LogP) is 9.92. The zero-order chi connectivity index (χ0) is 31.8. The van der Waals surface area contributed by atoms with Crippen molar-refractivity contribution in [3.05, 3.63) is 53.1 Å². The predicted molar refractivity (Wildman–Crippen MR) is 181 cm³/mol. The summed E-state index contributed by atoms with van der Waals surface area (Å²) in [6, 6.07) is 8.35. The van der Waals surface area contributed by atoms with Crippen molar-refractivity contribution in [2.24, 2.45) is 51.8 Å². The lowest BCUT2D eigenvalue weighted by atomic mass is 9.42. The maximum Gasteiger partial charge on any atom is 0.169 e. The average molecular weight is 617 g/mol. The molecule has 0 radical (unpaired) electrons. The van der Waals surface area contributed by atoms with E-state index in [2.05, 4.69) is 53.7 Å². The van der Waals surface area contributed by atoms with Crippen LogP contribution in [0.1, 0.15) is 111 Å². The largest absolute Gasteiger partial charge is 0.497 e. The Kier molecular flexibility index (Phi) is 8.18. The van der Waals surface area contributed by atoms with Gasteiger partial charge in [0.15, 0.2) is 5.79 Å². The van der Waals surface area contributed by atoms with E-state index in [0.717, 1.165) is 56.0 Å². The molecule has 5 fully saturated rings. The number of hydrogen-bond acceptors (Lipinski definition) is 4. The number of allylic oxidation sites excluding steroid dienone is 2. The Bertz CT molecular complexity index is 1310. The van der Waals surface area contributed by atoms with Crippen LogP contribution in [0.4, 0.5) is 0 Å². The minimum atomic E-state index is -0.325. The monoisotopic (exact) mass is 616 g/mol. The lowest BCUT2D eigenvalue weighted by Gasteiger charge is -2.64. The van der Waals surface area contributed by atoms with Gasteiger partial charge in [-0.15, -0.1) is 0 Å². The minimum Gasteiger partial charge on any atom is -0.497 e. The van der Waals surface area contributed by atoms with Crippen LogP contribution in [0.25, 0.3) is 0 Å². The fourth-order valence-corrected chi connectivity index (χ4v) is 12.1. The normalized spacial score (nSPS) is 43.9. The number of hydrogen-bond donors (Lipinski definition) is 0. The molecule has 45 heavy (non-hydrogen) atoms. The summed E-state index contributed by atoms with van der Waals surface area (Å²) in [5.41, 5.74) is 6.71. The van der Waals surface area contributed by atoms with E-state index in [1.54, 1.807) is 18.3 Å². The second kappa shape index (κ2) is 11.5. The fraction of sp³-hybridized carbons (Fsp3) is 0.756. The molecule has 10 atom stereocenters. The first kappa shape index (κ1) is 32.0. The van der Waals surface area contributed by atoms with E-state index in [4.69, 9.17) is 25.5 Å². The van der Waals surface area contributed by atoms with Gasteiger partial charge in [-0.25, -0.2) is 0 Å². The molecule has 0 N–H and O–H groups in total. The molecule has 6 aliphatic rings. The highest BCUT2D eigenvalue weighted by molar-refractivity contribution is 5.42. The van der Waals surface area contributed by atoms with Gasteiger partial charge in [0, 0.05) is 18.8 Å². The van der Waals surface area contributed by atoms with E-state index in [-0.39, 0.29) is 22.7 Å². The van der Waals surface area contributed by atoms with Gasteiger partial charge in [-0.05, 0) is 133 Å². The number of fused-ring (bicyclic) bond motifs is 5. The third kappa shape index (κ3) is 5.02. The van der Waals surface area contributed by atoms with Crippen molar-refractivity contribution >= 4 is 0 Å². The molecule has 1 heterocycles. The van der Waals surface area contributed by atoms with Gasteiger partial charge in [-0.2, -0.15) is 0 Å². The number of ether oxygens (including phenoxy) is 4. The molecule has 4 saturated carbocycles. The van der Waals surface area contributed by atoms with Gasteiger partial charge >= 0.3 is 0 Å². The maximum absolute atomic E-state index is 6.75. The smallest absolute Gasteiger partial charge is 0.169 e. The van der Waals surface area contributed by atoms with Crippen molar-refractivity contribution in [2.75, 3.05) is 20.3 Å². The summed E-state index contributed by atoms with van der Waals surface area (Å²) in [4.78, 5) is 0. The van der Waals surface area contributed by atoms with E-state index in [1.165, 1.54) is 56.1 Å². The molecule has 1 spiro atoms. The Labute approximate surface area is 273 Å². The molecule has 4 nitrogen and oxygen atoms in total. The summed E-state index contributed by atoms with van der Waals surface area (Å²) in [6.07, 6.45) is 12.4. The second-order valence-corrected chi connectivity index (χ2v) is 17.1. The molecule has 1 saturated heterocycles. The zero-order valence-corrected chi connectivity index (χ0v) is 29.4. The molecular formula is C41H60O4. The molecule has 0 aromatic heterocycles. The maximum atomic E-state index is 6.75. The summed E-state index contributed by atoms with van der Waals surface area (Å²) in [7, 11) is 1.72. The van der Waals surface area contributed by atoms with Crippen molar-refractivity contribution in [2.45, 2.75) is 124 Å². The Hall–Kier alpha value is -1.62. The summed E-state index contributed by atoms with van der Waals surface area (Å²) < 4.78 is 24.8. The Morgan fingerprint density at radius 1 is 0.933 bits per heavy atom. The van der Waals surface area contributed by atoms with Crippen LogP contribution in [0.3, 0.4) is 0 Å². The van der Waals surface area contributed by atoms with Crippen LogP contribution < -0.4 is 4.74 Å². The summed E-state index contributed by atoms with van der Waals surface area (Å²) >= 11 is 0. The molecule has 248 valence electrons. The van der Waals surface area contributed by atoms with E-state index in [9.17, 15) is 0 Å². The fourth-order valence-electron chi connectivity index (χ4n) is 12.1. The van der Waals surface area contributed by atoms with E-state index in [0.29, 0.717) is 29.8 Å². The molecule has 4 heteroatoms. The summed E-state index contributed by atoms with van der Waals surface area (Å²) in [6.45, 7) is 22.5. The number of benzene rings is 1. The van der Waals surface area contributed by atoms with Crippen LogP contribution in [0.2, 0.25) is 0 Å². The van der Waals surface area contributed by atoms with Crippen molar-refractivity contribution in [3.8, 4) is 5.75 Å². The molecule has 1 aromatic carbocycles. The average Bonchev–Trinajstić information content (AvgIpc) is 3.61. The summed E-state index contributed by atoms with van der Waals surface area (Å²) in [5.74, 6) is 4.74. The minimum absolute atomic E-state index is 0.232. The van der Waals surface area contributed by atoms with E-state index in [1.807, 2.05) is 12.1 Å². The first-order valence-corrected chi connectivity index (χ1v) is 18.3. The van der Waals surface area contributed by atoms with Crippen LogP contribution >= 0.6 is 0 Å². The lowest BCUT2D eigenvalue weighted by molar-refractivity contribution is -0.259. The van der Waals surface area contributed by atoms with Gasteiger partial charge in [-0.1, -0.05) is 58.9 Å². The Morgan fingerprint density at radius 2 is 1.67 bits per heavy atom. The highest BCUT2D eigenvalue weighted by Gasteiger charge is 2.69. The quantitative estimate of drug-likeness (QED) is 0.319. The lowest BCUT2D eigenvalue weighted by Crippen LogP contribution is -2.60. The van der Waals surface area contributed by atoms with Crippen LogP contribution in [-0.4, -0.2) is 32.2 Å². The number of rotatable bonds is 6. The third-order valence-electron chi connectivity index (χ3n) is 15.3. The van der Waals surface area contributed by atoms with Crippen LogP contribution in [0.15, 0.2) is 47.6 Å². The third-order valence-corrected chi connectivity index (χ3v) is 15.3. The van der Waals surface area contributed by atoms with Gasteiger partial charge in [0.05, 0.1) is 33.0 Å². The molecule has 0 bridgehead atoms. The van der Waals surface area contributed by atoms with Gasteiger partial charge in [0.2, 0.25) is 0 Å². The van der Waals surface area contributed by atoms with Gasteiger partial charge in [0.1, 0.15) is 5.75 Å². The molecule has 1 aromatic rings. The van der Waals surface area contributed by atoms with E-state index >= 15 is 0 Å². The van der Waals surface area contributed by atoms with Crippen LogP contribution in [0, 0.1) is 51.8 Å².